The van der Waals surface area contributed by atoms with Crippen molar-refractivity contribution in [3.8, 4) is 0 Å². The largest absolute Gasteiger partial charge is 0.443 e. The first kappa shape index (κ1) is 18.5. The summed E-state index contributed by atoms with van der Waals surface area (Å²) in [4.78, 5) is 20.1. The van der Waals surface area contributed by atoms with Gasteiger partial charge in [0.2, 0.25) is 5.91 Å². The molecule has 3 rings (SSSR count). The summed E-state index contributed by atoms with van der Waals surface area (Å²) in [6, 6.07) is 13.4. The van der Waals surface area contributed by atoms with Crippen LogP contribution in [0.25, 0.3) is 0 Å². The molecule has 5 nitrogen and oxygen atoms in total. The number of furan rings is 1. The molecule has 0 bridgehead atoms. The lowest BCUT2D eigenvalue weighted by molar-refractivity contribution is -0.134. The van der Waals surface area contributed by atoms with Gasteiger partial charge in [-0.05, 0) is 35.2 Å². The van der Waals surface area contributed by atoms with Crippen molar-refractivity contribution in [2.75, 3.05) is 6.54 Å². The van der Waals surface area contributed by atoms with Crippen LogP contribution in [0.4, 0.5) is 0 Å². The van der Waals surface area contributed by atoms with E-state index in [2.05, 4.69) is 5.16 Å². The highest BCUT2D eigenvalue weighted by Crippen LogP contribution is 2.22. The molecule has 0 spiro atoms. The van der Waals surface area contributed by atoms with E-state index >= 15 is 0 Å². The highest BCUT2D eigenvalue weighted by Gasteiger charge is 2.28. The summed E-state index contributed by atoms with van der Waals surface area (Å²) >= 11 is 5.82. The lowest BCUT2D eigenvalue weighted by atomic mass is 10.1. The Kier molecular flexibility index (Phi) is 5.99. The molecule has 0 saturated heterocycles. The molecule has 0 N–H and O–H groups in total. The molecule has 1 aromatic carbocycles. The molecule has 1 amide bonds. The van der Waals surface area contributed by atoms with Crippen molar-refractivity contribution in [3.63, 3.8) is 0 Å². The van der Waals surface area contributed by atoms with Crippen molar-refractivity contribution in [2.24, 2.45) is 11.1 Å². The Morgan fingerprint density at radius 3 is 2.69 bits per heavy atom. The summed E-state index contributed by atoms with van der Waals surface area (Å²) < 4.78 is 5.39. The molecule has 0 unspecified atom stereocenters. The number of amides is 1. The maximum atomic E-state index is 12.7. The van der Waals surface area contributed by atoms with Crippen molar-refractivity contribution in [3.05, 3.63) is 59.0 Å². The van der Waals surface area contributed by atoms with Crippen LogP contribution in [0.15, 0.2) is 52.0 Å². The van der Waals surface area contributed by atoms with Crippen LogP contribution in [0.1, 0.15) is 38.0 Å². The number of benzene rings is 1. The van der Waals surface area contributed by atoms with E-state index in [-0.39, 0.29) is 12.0 Å². The molecule has 2 aromatic rings. The third kappa shape index (κ3) is 4.88. The van der Waals surface area contributed by atoms with E-state index in [9.17, 15) is 4.79 Å². The molecule has 1 aliphatic rings. The van der Waals surface area contributed by atoms with Gasteiger partial charge < -0.3 is 14.2 Å². The summed E-state index contributed by atoms with van der Waals surface area (Å²) in [6.07, 6.45) is 0.916. The molecule has 1 aromatic heterocycles. The van der Waals surface area contributed by atoms with Crippen LogP contribution in [-0.4, -0.2) is 29.2 Å². The van der Waals surface area contributed by atoms with E-state index in [0.29, 0.717) is 42.8 Å². The third-order valence-electron chi connectivity index (χ3n) is 4.17. The Bertz CT molecular complexity index is 770. The second-order valence-corrected chi connectivity index (χ2v) is 7.30. The zero-order chi connectivity index (χ0) is 18.5. The molecule has 0 saturated carbocycles. The number of carbonyl (C=O) groups is 1. The zero-order valence-corrected chi connectivity index (χ0v) is 15.8. The van der Waals surface area contributed by atoms with Crippen LogP contribution < -0.4 is 0 Å². The van der Waals surface area contributed by atoms with Crippen molar-refractivity contribution < 1.29 is 14.0 Å². The van der Waals surface area contributed by atoms with Gasteiger partial charge in [0.15, 0.2) is 17.1 Å². The summed E-state index contributed by atoms with van der Waals surface area (Å²) in [6.45, 7) is 5.15. The predicted octanol–water partition coefficient (Wildman–Crippen LogP) is 4.50. The second-order valence-electron chi connectivity index (χ2n) is 6.93. The number of halogens is 1. The Morgan fingerprint density at radius 1 is 1.27 bits per heavy atom. The molecule has 138 valence electrons. The minimum absolute atomic E-state index is 0.127. The average Bonchev–Trinajstić information content (AvgIpc) is 3.23. The Morgan fingerprint density at radius 2 is 2.04 bits per heavy atom. The standard InChI is InChI=1S/C20H23ClN2O3/c1-14(2)10-20(24)23(12-15-6-4-3-5-7-15)13-16-11-17(22-26-16)18-8-9-19(21)25-18/h3-9,14,16H,10-13H2,1-2H3/t16-/m0/s1. The Hall–Kier alpha value is -2.27. The molecule has 26 heavy (non-hydrogen) atoms. The number of nitrogens with zero attached hydrogens (tertiary/aromatic N) is 2. The van der Waals surface area contributed by atoms with E-state index in [4.69, 9.17) is 20.9 Å². The summed E-state index contributed by atoms with van der Waals surface area (Å²) in [7, 11) is 0. The van der Waals surface area contributed by atoms with Crippen LogP contribution in [-0.2, 0) is 16.2 Å². The van der Waals surface area contributed by atoms with Crippen LogP contribution in [0.3, 0.4) is 0 Å². The van der Waals surface area contributed by atoms with E-state index in [0.717, 1.165) is 11.3 Å². The maximum absolute atomic E-state index is 12.7. The second kappa shape index (κ2) is 8.41. The fraction of sp³-hybridized carbons (Fsp3) is 0.400. The van der Waals surface area contributed by atoms with Gasteiger partial charge in [0.25, 0.3) is 0 Å². The summed E-state index contributed by atoms with van der Waals surface area (Å²) in [5.41, 5.74) is 1.82. The van der Waals surface area contributed by atoms with Crippen molar-refractivity contribution in [1.82, 2.24) is 4.90 Å². The minimum atomic E-state index is -0.186. The maximum Gasteiger partial charge on any atom is 0.223 e. The molecule has 1 aliphatic heterocycles. The third-order valence-corrected chi connectivity index (χ3v) is 4.37. The first-order chi connectivity index (χ1) is 12.5. The molecular weight excluding hydrogens is 352 g/mol. The molecule has 1 atom stereocenters. The Labute approximate surface area is 158 Å². The van der Waals surface area contributed by atoms with Crippen molar-refractivity contribution >= 4 is 23.2 Å². The van der Waals surface area contributed by atoms with Crippen LogP contribution >= 0.6 is 11.6 Å². The van der Waals surface area contributed by atoms with Gasteiger partial charge in [-0.1, -0.05) is 49.3 Å². The fourth-order valence-corrected chi connectivity index (χ4v) is 3.07. The van der Waals surface area contributed by atoms with E-state index < -0.39 is 0 Å². The minimum Gasteiger partial charge on any atom is -0.443 e. The van der Waals surface area contributed by atoms with Crippen LogP contribution in [0.2, 0.25) is 5.22 Å². The van der Waals surface area contributed by atoms with E-state index in [1.165, 1.54) is 0 Å². The predicted molar refractivity (Wildman–Crippen MR) is 101 cm³/mol. The SMILES string of the molecule is CC(C)CC(=O)N(Cc1ccccc1)C[C@@H]1CC(c2ccc(Cl)o2)=NO1. The molecule has 6 heteroatoms. The lowest BCUT2D eigenvalue weighted by Gasteiger charge is -2.25. The first-order valence-electron chi connectivity index (χ1n) is 8.81. The normalized spacial score (nSPS) is 16.5. The highest BCUT2D eigenvalue weighted by molar-refractivity contribution is 6.29. The number of oxime groups is 1. The lowest BCUT2D eigenvalue weighted by Crippen LogP contribution is -2.37. The molecule has 2 heterocycles. The molecule has 0 radical (unpaired) electrons. The number of rotatable bonds is 7. The molecule has 0 fully saturated rings. The van der Waals surface area contributed by atoms with Gasteiger partial charge in [-0.15, -0.1) is 0 Å². The van der Waals surface area contributed by atoms with Gasteiger partial charge >= 0.3 is 0 Å². The monoisotopic (exact) mass is 374 g/mol. The number of carbonyl (C=O) groups excluding carboxylic acids is 1. The van der Waals surface area contributed by atoms with E-state index in [1.807, 2.05) is 49.1 Å². The highest BCUT2D eigenvalue weighted by atomic mass is 35.5. The van der Waals surface area contributed by atoms with Crippen LogP contribution in [0.5, 0.6) is 0 Å². The van der Waals surface area contributed by atoms with Gasteiger partial charge in [0.05, 0.1) is 6.54 Å². The van der Waals surface area contributed by atoms with E-state index in [1.54, 1.807) is 12.1 Å². The number of hydrogen-bond acceptors (Lipinski definition) is 4. The Balaban J connectivity index is 1.65. The average molecular weight is 375 g/mol. The summed E-state index contributed by atoms with van der Waals surface area (Å²) in [5, 5.41) is 4.43. The summed E-state index contributed by atoms with van der Waals surface area (Å²) in [5.74, 6) is 1.05. The number of hydrogen-bond donors (Lipinski definition) is 0. The quantitative estimate of drug-likeness (QED) is 0.716. The van der Waals surface area contributed by atoms with Crippen molar-refractivity contribution in [2.45, 2.75) is 39.3 Å². The topological polar surface area (TPSA) is 55.0 Å². The van der Waals surface area contributed by atoms with Crippen molar-refractivity contribution in [1.29, 1.82) is 0 Å². The van der Waals surface area contributed by atoms with Gasteiger partial charge in [0.1, 0.15) is 5.71 Å². The van der Waals surface area contributed by atoms with Gasteiger partial charge in [-0.25, -0.2) is 0 Å². The van der Waals surface area contributed by atoms with Gasteiger partial charge in [-0.3, -0.25) is 4.79 Å². The smallest absolute Gasteiger partial charge is 0.223 e. The molecular formula is C20H23ClN2O3. The first-order valence-corrected chi connectivity index (χ1v) is 9.19. The zero-order valence-electron chi connectivity index (χ0n) is 15.0. The molecule has 0 aliphatic carbocycles. The fourth-order valence-electron chi connectivity index (χ4n) is 2.92. The van der Waals surface area contributed by atoms with Crippen LogP contribution in [0, 0.1) is 5.92 Å². The van der Waals surface area contributed by atoms with Gasteiger partial charge in [-0.2, -0.15) is 0 Å². The van der Waals surface area contributed by atoms with Gasteiger partial charge in [0, 0.05) is 19.4 Å².